The number of ether oxygens (including phenoxy) is 1. The molecule has 3 rings (SSSR count). The van der Waals surface area contributed by atoms with E-state index in [-0.39, 0.29) is 0 Å². The van der Waals surface area contributed by atoms with Gasteiger partial charge in [0.1, 0.15) is 11.3 Å². The minimum atomic E-state index is 0.787. The SMILES string of the molecule is COc1ccc2nnn(-c3ccncc3)c2c1. The molecule has 0 saturated heterocycles. The predicted octanol–water partition coefficient (Wildman–Crippen LogP) is 1.82. The van der Waals surface area contributed by atoms with Crippen LogP contribution in [0.4, 0.5) is 0 Å². The van der Waals surface area contributed by atoms with Crippen molar-refractivity contribution < 1.29 is 4.74 Å². The van der Waals surface area contributed by atoms with Gasteiger partial charge in [-0.15, -0.1) is 5.10 Å². The van der Waals surface area contributed by atoms with Gasteiger partial charge >= 0.3 is 0 Å². The molecule has 0 radical (unpaired) electrons. The van der Waals surface area contributed by atoms with E-state index in [1.54, 1.807) is 24.2 Å². The third kappa shape index (κ3) is 1.61. The average Bonchev–Trinajstić information content (AvgIpc) is 2.82. The summed E-state index contributed by atoms with van der Waals surface area (Å²) in [7, 11) is 1.64. The lowest BCUT2D eigenvalue weighted by Gasteiger charge is -2.02. The first-order chi connectivity index (χ1) is 8.38. The van der Waals surface area contributed by atoms with Crippen LogP contribution in [0.3, 0.4) is 0 Å². The van der Waals surface area contributed by atoms with Crippen LogP contribution in [-0.4, -0.2) is 27.1 Å². The zero-order valence-electron chi connectivity index (χ0n) is 9.24. The lowest BCUT2D eigenvalue weighted by Crippen LogP contribution is -1.96. The maximum absolute atomic E-state index is 5.20. The van der Waals surface area contributed by atoms with Gasteiger partial charge in [0, 0.05) is 18.5 Å². The Morgan fingerprint density at radius 2 is 1.94 bits per heavy atom. The Balaban J connectivity index is 2.23. The van der Waals surface area contributed by atoms with Crippen molar-refractivity contribution in [3.8, 4) is 11.4 Å². The molecule has 0 spiro atoms. The average molecular weight is 226 g/mol. The van der Waals surface area contributed by atoms with Gasteiger partial charge in [0.25, 0.3) is 0 Å². The van der Waals surface area contributed by atoms with Crippen LogP contribution in [0.25, 0.3) is 16.7 Å². The van der Waals surface area contributed by atoms with Crippen LogP contribution in [0.2, 0.25) is 0 Å². The highest BCUT2D eigenvalue weighted by atomic mass is 16.5. The van der Waals surface area contributed by atoms with E-state index in [9.17, 15) is 0 Å². The summed E-state index contributed by atoms with van der Waals surface area (Å²) in [5, 5.41) is 8.23. The highest BCUT2D eigenvalue weighted by molar-refractivity contribution is 5.77. The Hall–Kier alpha value is -2.43. The zero-order valence-corrected chi connectivity index (χ0v) is 9.24. The number of hydrogen-bond acceptors (Lipinski definition) is 4. The maximum atomic E-state index is 5.20. The van der Waals surface area contributed by atoms with Crippen molar-refractivity contribution in [3.05, 3.63) is 42.7 Å². The van der Waals surface area contributed by atoms with Crippen molar-refractivity contribution in [1.29, 1.82) is 0 Å². The molecule has 2 aromatic heterocycles. The molecule has 5 nitrogen and oxygen atoms in total. The minimum absolute atomic E-state index is 0.787. The van der Waals surface area contributed by atoms with Crippen LogP contribution < -0.4 is 4.74 Å². The maximum Gasteiger partial charge on any atom is 0.121 e. The third-order valence-electron chi connectivity index (χ3n) is 2.56. The summed E-state index contributed by atoms with van der Waals surface area (Å²) in [6.07, 6.45) is 3.45. The summed E-state index contributed by atoms with van der Waals surface area (Å²) in [6.45, 7) is 0. The largest absolute Gasteiger partial charge is 0.497 e. The van der Waals surface area contributed by atoms with Gasteiger partial charge in [0.2, 0.25) is 0 Å². The number of hydrogen-bond donors (Lipinski definition) is 0. The highest BCUT2D eigenvalue weighted by Crippen LogP contribution is 2.20. The minimum Gasteiger partial charge on any atom is -0.497 e. The number of benzene rings is 1. The monoisotopic (exact) mass is 226 g/mol. The van der Waals surface area contributed by atoms with Gasteiger partial charge in [-0.1, -0.05) is 5.21 Å². The quantitative estimate of drug-likeness (QED) is 0.668. The van der Waals surface area contributed by atoms with Crippen LogP contribution in [0.15, 0.2) is 42.7 Å². The molecule has 84 valence electrons. The molecule has 0 unspecified atom stereocenters. The van der Waals surface area contributed by atoms with Gasteiger partial charge in [0.15, 0.2) is 0 Å². The fourth-order valence-electron chi connectivity index (χ4n) is 1.70. The molecular formula is C12H10N4O. The van der Waals surface area contributed by atoms with E-state index in [1.165, 1.54) is 0 Å². The first kappa shape index (κ1) is 9.77. The topological polar surface area (TPSA) is 52.8 Å². The fraction of sp³-hybridized carbons (Fsp3) is 0.0833. The fourth-order valence-corrected chi connectivity index (χ4v) is 1.70. The summed E-state index contributed by atoms with van der Waals surface area (Å²) in [6, 6.07) is 9.43. The standard InChI is InChI=1S/C12H10N4O/c1-17-10-2-3-11-12(8-10)16(15-14-11)9-4-6-13-7-5-9/h2-8H,1H3. The molecule has 0 atom stereocenters. The highest BCUT2D eigenvalue weighted by Gasteiger charge is 2.07. The van der Waals surface area contributed by atoms with Crippen LogP contribution in [0.1, 0.15) is 0 Å². The second-order valence-electron chi connectivity index (χ2n) is 3.56. The van der Waals surface area contributed by atoms with E-state index in [1.807, 2.05) is 30.3 Å². The summed E-state index contributed by atoms with van der Waals surface area (Å²) < 4.78 is 6.96. The molecule has 0 saturated carbocycles. The van der Waals surface area contributed by atoms with Gasteiger partial charge in [-0.2, -0.15) is 0 Å². The van der Waals surface area contributed by atoms with Crippen molar-refractivity contribution >= 4 is 11.0 Å². The van der Waals surface area contributed by atoms with Gasteiger partial charge < -0.3 is 4.74 Å². The van der Waals surface area contributed by atoms with E-state index >= 15 is 0 Å². The Kier molecular flexibility index (Phi) is 2.22. The summed E-state index contributed by atoms with van der Waals surface area (Å²) in [4.78, 5) is 3.98. The second-order valence-corrected chi connectivity index (χ2v) is 3.56. The molecule has 0 fully saturated rings. The molecular weight excluding hydrogens is 216 g/mol. The van der Waals surface area contributed by atoms with E-state index in [0.29, 0.717) is 0 Å². The number of aromatic nitrogens is 4. The molecule has 0 bridgehead atoms. The van der Waals surface area contributed by atoms with Crippen LogP contribution >= 0.6 is 0 Å². The molecule has 0 aliphatic heterocycles. The first-order valence-corrected chi connectivity index (χ1v) is 5.18. The van der Waals surface area contributed by atoms with Crippen molar-refractivity contribution in [1.82, 2.24) is 20.0 Å². The Bertz CT molecular complexity index is 648. The van der Waals surface area contributed by atoms with E-state index in [2.05, 4.69) is 15.3 Å². The van der Waals surface area contributed by atoms with Gasteiger partial charge in [-0.25, -0.2) is 4.68 Å². The van der Waals surface area contributed by atoms with Gasteiger partial charge in [-0.3, -0.25) is 4.98 Å². The van der Waals surface area contributed by atoms with Gasteiger partial charge in [-0.05, 0) is 24.3 Å². The molecule has 17 heavy (non-hydrogen) atoms. The number of fused-ring (bicyclic) bond motifs is 1. The summed E-state index contributed by atoms with van der Waals surface area (Å²) in [5.41, 5.74) is 2.67. The number of rotatable bonds is 2. The van der Waals surface area contributed by atoms with Crippen molar-refractivity contribution in [2.45, 2.75) is 0 Å². The van der Waals surface area contributed by atoms with Crippen LogP contribution in [0.5, 0.6) is 5.75 Å². The van der Waals surface area contributed by atoms with E-state index in [4.69, 9.17) is 4.74 Å². The third-order valence-corrected chi connectivity index (χ3v) is 2.56. The number of methoxy groups -OCH3 is 1. The second kappa shape index (κ2) is 3.86. The summed E-state index contributed by atoms with van der Waals surface area (Å²) in [5.74, 6) is 0.787. The smallest absolute Gasteiger partial charge is 0.121 e. The van der Waals surface area contributed by atoms with E-state index < -0.39 is 0 Å². The lowest BCUT2D eigenvalue weighted by atomic mass is 10.3. The Labute approximate surface area is 97.7 Å². The van der Waals surface area contributed by atoms with Crippen LogP contribution in [0, 0.1) is 0 Å². The van der Waals surface area contributed by atoms with Crippen molar-refractivity contribution in [3.63, 3.8) is 0 Å². The Morgan fingerprint density at radius 1 is 1.12 bits per heavy atom. The molecule has 0 aliphatic rings. The lowest BCUT2D eigenvalue weighted by molar-refractivity contribution is 0.415. The molecule has 0 N–H and O–H groups in total. The normalized spacial score (nSPS) is 10.6. The molecule has 3 aromatic rings. The van der Waals surface area contributed by atoms with Gasteiger partial charge in [0.05, 0.1) is 18.3 Å². The van der Waals surface area contributed by atoms with Crippen molar-refractivity contribution in [2.75, 3.05) is 7.11 Å². The number of pyridine rings is 1. The molecule has 1 aromatic carbocycles. The predicted molar refractivity (Wildman–Crippen MR) is 63.2 cm³/mol. The first-order valence-electron chi connectivity index (χ1n) is 5.18. The molecule has 5 heteroatoms. The molecule has 2 heterocycles. The Morgan fingerprint density at radius 3 is 2.71 bits per heavy atom. The van der Waals surface area contributed by atoms with E-state index in [0.717, 1.165) is 22.5 Å². The number of nitrogens with zero attached hydrogens (tertiary/aromatic N) is 4. The van der Waals surface area contributed by atoms with Crippen LogP contribution in [-0.2, 0) is 0 Å². The van der Waals surface area contributed by atoms with Crippen molar-refractivity contribution in [2.24, 2.45) is 0 Å². The summed E-state index contributed by atoms with van der Waals surface area (Å²) >= 11 is 0. The molecule has 0 aliphatic carbocycles. The zero-order chi connectivity index (χ0) is 11.7. The molecule has 0 amide bonds.